The van der Waals surface area contributed by atoms with Crippen LogP contribution in [0.5, 0.6) is 5.75 Å². The number of hydroxylamine groups is 2. The average molecular weight is 405 g/mol. The van der Waals surface area contributed by atoms with E-state index in [9.17, 15) is 8.42 Å². The van der Waals surface area contributed by atoms with Crippen molar-refractivity contribution in [2.45, 2.75) is 31.7 Å². The molecule has 1 heterocycles. The monoisotopic (exact) mass is 404 g/mol. The summed E-state index contributed by atoms with van der Waals surface area (Å²) in [6, 6.07) is 17.1. The van der Waals surface area contributed by atoms with Gasteiger partial charge in [-0.3, -0.25) is 4.84 Å². The summed E-state index contributed by atoms with van der Waals surface area (Å²) in [4.78, 5) is 5.54. The van der Waals surface area contributed by atoms with Crippen LogP contribution in [0.15, 0.2) is 54.6 Å². The minimum Gasteiger partial charge on any atom is -0.489 e. The van der Waals surface area contributed by atoms with Gasteiger partial charge in [0.2, 0.25) is 10.0 Å². The predicted octanol–water partition coefficient (Wildman–Crippen LogP) is 3.13. The maximum Gasteiger partial charge on any atom is 0.218 e. The van der Waals surface area contributed by atoms with Crippen molar-refractivity contribution in [3.05, 3.63) is 65.7 Å². The molecule has 1 aliphatic rings. The van der Waals surface area contributed by atoms with E-state index in [2.05, 4.69) is 4.72 Å². The zero-order valence-corrected chi connectivity index (χ0v) is 17.4. The van der Waals surface area contributed by atoms with E-state index >= 15 is 0 Å². The van der Waals surface area contributed by atoms with Crippen LogP contribution in [0.2, 0.25) is 0 Å². The number of rotatable bonds is 8. The molecule has 0 unspecified atom stereocenters. The Kier molecular flexibility index (Phi) is 6.72. The van der Waals surface area contributed by atoms with Crippen LogP contribution in [-0.4, -0.2) is 38.9 Å². The number of sulfonamides is 1. The van der Waals surface area contributed by atoms with Gasteiger partial charge in [0.05, 0.1) is 12.6 Å². The molecular weight excluding hydrogens is 376 g/mol. The zero-order valence-electron chi connectivity index (χ0n) is 16.5. The van der Waals surface area contributed by atoms with Crippen LogP contribution in [0.25, 0.3) is 0 Å². The lowest BCUT2D eigenvalue weighted by atomic mass is 10.0. The molecule has 0 bridgehead atoms. The molecule has 0 spiro atoms. The molecule has 28 heavy (non-hydrogen) atoms. The van der Waals surface area contributed by atoms with E-state index in [1.165, 1.54) is 0 Å². The molecule has 152 valence electrons. The normalized spacial score (nSPS) is 20.6. The highest BCUT2D eigenvalue weighted by molar-refractivity contribution is 7.90. The smallest absolute Gasteiger partial charge is 0.218 e. The third-order valence-electron chi connectivity index (χ3n) is 4.75. The Bertz CT molecular complexity index is 854. The van der Waals surface area contributed by atoms with Crippen LogP contribution in [-0.2, 0) is 21.5 Å². The number of hydrogen-bond acceptors (Lipinski definition) is 5. The standard InChI is InChI=1S/C21H28N2O4S/c1-16(2)13-22-28(24,25)20-15-27-23(3)21(20)18-9-11-19(12-10-18)26-14-17-7-5-4-6-8-17/h4-12,16,20-22H,13-15H2,1-3H3/t20-,21-/m0/s1. The molecule has 2 aromatic rings. The Hall–Kier alpha value is -1.93. The molecule has 0 amide bonds. The van der Waals surface area contributed by atoms with Gasteiger partial charge in [0, 0.05) is 13.6 Å². The quantitative estimate of drug-likeness (QED) is 0.732. The molecular formula is C21H28N2O4S. The van der Waals surface area contributed by atoms with Crippen molar-refractivity contribution in [1.29, 1.82) is 0 Å². The van der Waals surface area contributed by atoms with Crippen LogP contribution in [0, 0.1) is 5.92 Å². The number of nitrogens with zero attached hydrogens (tertiary/aromatic N) is 1. The second-order valence-electron chi connectivity index (χ2n) is 7.46. The van der Waals surface area contributed by atoms with Crippen LogP contribution in [0.4, 0.5) is 0 Å². The van der Waals surface area contributed by atoms with E-state index in [0.717, 1.165) is 16.9 Å². The minimum atomic E-state index is -3.49. The highest BCUT2D eigenvalue weighted by Crippen LogP contribution is 2.34. The SMILES string of the molecule is CC(C)CNS(=O)(=O)[C@H]1CON(C)[C@H]1c1ccc(OCc2ccccc2)cc1. The fourth-order valence-electron chi connectivity index (χ4n) is 3.17. The van der Waals surface area contributed by atoms with Crippen LogP contribution in [0.1, 0.15) is 31.0 Å². The summed E-state index contributed by atoms with van der Waals surface area (Å²) in [6.07, 6.45) is 0. The zero-order chi connectivity index (χ0) is 20.1. The van der Waals surface area contributed by atoms with Gasteiger partial charge in [0.15, 0.2) is 0 Å². The molecule has 1 fully saturated rings. The molecule has 0 saturated carbocycles. The highest BCUT2D eigenvalue weighted by Gasteiger charge is 2.43. The molecule has 1 N–H and O–H groups in total. The van der Waals surface area contributed by atoms with Gasteiger partial charge in [0.1, 0.15) is 17.6 Å². The Morgan fingerprint density at radius 1 is 1.14 bits per heavy atom. The fourth-order valence-corrected chi connectivity index (χ4v) is 4.86. The fraction of sp³-hybridized carbons (Fsp3) is 0.429. The summed E-state index contributed by atoms with van der Waals surface area (Å²) in [7, 11) is -1.72. The molecule has 6 nitrogen and oxygen atoms in total. The van der Waals surface area contributed by atoms with E-state index < -0.39 is 15.3 Å². The van der Waals surface area contributed by atoms with Gasteiger partial charge >= 0.3 is 0 Å². The molecule has 3 rings (SSSR count). The van der Waals surface area contributed by atoms with E-state index in [1.807, 2.05) is 68.4 Å². The van der Waals surface area contributed by atoms with Crippen molar-refractivity contribution in [3.8, 4) is 5.75 Å². The summed E-state index contributed by atoms with van der Waals surface area (Å²) in [5.74, 6) is 0.987. The molecule has 0 aromatic heterocycles. The van der Waals surface area contributed by atoms with Crippen LogP contribution in [0.3, 0.4) is 0 Å². The number of benzene rings is 2. The van der Waals surface area contributed by atoms with E-state index in [1.54, 1.807) is 12.1 Å². The summed E-state index contributed by atoms with van der Waals surface area (Å²) < 4.78 is 34.0. The summed E-state index contributed by atoms with van der Waals surface area (Å²) in [5, 5.41) is 0.964. The van der Waals surface area contributed by atoms with Gasteiger partial charge in [0.25, 0.3) is 0 Å². The molecule has 2 aromatic carbocycles. The Labute approximate surface area is 167 Å². The minimum absolute atomic E-state index is 0.140. The van der Waals surface area contributed by atoms with Crippen molar-refractivity contribution in [1.82, 2.24) is 9.79 Å². The van der Waals surface area contributed by atoms with Crippen molar-refractivity contribution in [2.24, 2.45) is 5.92 Å². The molecule has 0 radical (unpaired) electrons. The Morgan fingerprint density at radius 3 is 2.46 bits per heavy atom. The van der Waals surface area contributed by atoms with Gasteiger partial charge in [-0.25, -0.2) is 13.1 Å². The van der Waals surface area contributed by atoms with Gasteiger partial charge < -0.3 is 4.74 Å². The molecule has 1 saturated heterocycles. The third-order valence-corrected chi connectivity index (χ3v) is 6.51. The van der Waals surface area contributed by atoms with Crippen molar-refractivity contribution < 1.29 is 18.0 Å². The lowest BCUT2D eigenvalue weighted by molar-refractivity contribution is -0.110. The summed E-state index contributed by atoms with van der Waals surface area (Å²) >= 11 is 0. The van der Waals surface area contributed by atoms with Crippen molar-refractivity contribution in [3.63, 3.8) is 0 Å². The second kappa shape index (κ2) is 9.05. The van der Waals surface area contributed by atoms with Crippen molar-refractivity contribution >= 4 is 10.0 Å². The number of hydrogen-bond donors (Lipinski definition) is 1. The molecule has 0 aliphatic carbocycles. The predicted molar refractivity (Wildman–Crippen MR) is 109 cm³/mol. The second-order valence-corrected chi connectivity index (χ2v) is 9.44. The average Bonchev–Trinajstić information content (AvgIpc) is 3.08. The maximum atomic E-state index is 12.8. The Balaban J connectivity index is 1.70. The highest BCUT2D eigenvalue weighted by atomic mass is 32.2. The first-order valence-corrected chi connectivity index (χ1v) is 11.0. The summed E-state index contributed by atoms with van der Waals surface area (Å²) in [6.45, 7) is 5.00. The topological polar surface area (TPSA) is 67.9 Å². The third kappa shape index (κ3) is 5.11. The first-order chi connectivity index (χ1) is 13.4. The molecule has 1 aliphatic heterocycles. The Morgan fingerprint density at radius 2 is 1.82 bits per heavy atom. The van der Waals surface area contributed by atoms with Gasteiger partial charge in [-0.15, -0.1) is 0 Å². The van der Waals surface area contributed by atoms with E-state index in [0.29, 0.717) is 13.2 Å². The molecule has 7 heteroatoms. The molecule has 2 atom stereocenters. The van der Waals surface area contributed by atoms with Crippen LogP contribution < -0.4 is 9.46 Å². The first-order valence-electron chi connectivity index (χ1n) is 9.47. The van der Waals surface area contributed by atoms with Gasteiger partial charge in [-0.2, -0.15) is 5.06 Å². The van der Waals surface area contributed by atoms with E-state index in [4.69, 9.17) is 9.57 Å². The van der Waals surface area contributed by atoms with Gasteiger partial charge in [-0.05, 0) is 29.2 Å². The maximum absolute atomic E-state index is 12.8. The lowest BCUT2D eigenvalue weighted by Gasteiger charge is -2.23. The number of nitrogens with one attached hydrogen (secondary N) is 1. The lowest BCUT2D eigenvalue weighted by Crippen LogP contribution is -2.40. The largest absolute Gasteiger partial charge is 0.489 e. The summed E-state index contributed by atoms with van der Waals surface area (Å²) in [5.41, 5.74) is 1.98. The van der Waals surface area contributed by atoms with E-state index in [-0.39, 0.29) is 18.6 Å². The first kappa shape index (κ1) is 20.8. The number of ether oxygens (including phenoxy) is 1. The van der Waals surface area contributed by atoms with Gasteiger partial charge in [-0.1, -0.05) is 56.3 Å². The van der Waals surface area contributed by atoms with Crippen molar-refractivity contribution in [2.75, 3.05) is 20.2 Å². The van der Waals surface area contributed by atoms with Crippen LogP contribution >= 0.6 is 0 Å².